The molecular weight excluding hydrogens is 435 g/mol. The van der Waals surface area contributed by atoms with Crippen LogP contribution in [0.2, 0.25) is 0 Å². The van der Waals surface area contributed by atoms with E-state index in [1.54, 1.807) is 9.58 Å². The van der Waals surface area contributed by atoms with Crippen LogP contribution in [0.15, 0.2) is 17.4 Å². The molecule has 0 aliphatic carbocycles. The predicted octanol–water partition coefficient (Wildman–Crippen LogP) is 1.32. The summed E-state index contributed by atoms with van der Waals surface area (Å²) in [4.78, 5) is 20.4. The van der Waals surface area contributed by atoms with Gasteiger partial charge in [0.25, 0.3) is 0 Å². The summed E-state index contributed by atoms with van der Waals surface area (Å²) in [7, 11) is 1.92. The van der Waals surface area contributed by atoms with Crippen LogP contribution in [0.25, 0.3) is 0 Å². The van der Waals surface area contributed by atoms with Crippen LogP contribution in [0.5, 0.6) is 0 Å². The fraction of sp³-hybridized carbons (Fsp3) is 0.688. The van der Waals surface area contributed by atoms with Crippen molar-refractivity contribution in [2.75, 3.05) is 45.9 Å². The van der Waals surface area contributed by atoms with Gasteiger partial charge in [-0.15, -0.1) is 24.0 Å². The Morgan fingerprint density at radius 1 is 1.28 bits per heavy atom. The van der Waals surface area contributed by atoms with Gasteiger partial charge in [0.05, 0.1) is 12.8 Å². The van der Waals surface area contributed by atoms with Crippen molar-refractivity contribution in [2.24, 2.45) is 12.0 Å². The van der Waals surface area contributed by atoms with Crippen LogP contribution in [0.1, 0.15) is 19.4 Å². The Kier molecular flexibility index (Phi) is 9.61. The summed E-state index contributed by atoms with van der Waals surface area (Å²) in [5.74, 6) is 0.907. The Bertz CT molecular complexity index is 555. The van der Waals surface area contributed by atoms with Crippen LogP contribution < -0.4 is 5.32 Å². The highest BCUT2D eigenvalue weighted by Crippen LogP contribution is 2.05. The molecule has 1 amide bonds. The fourth-order valence-electron chi connectivity index (χ4n) is 2.63. The van der Waals surface area contributed by atoms with Crippen LogP contribution in [0, 0.1) is 0 Å². The normalized spacial score (nSPS) is 14.9. The molecule has 0 saturated carbocycles. The molecule has 2 heterocycles. The number of ether oxygens (including phenoxy) is 1. The van der Waals surface area contributed by atoms with Gasteiger partial charge in [-0.1, -0.05) is 0 Å². The molecule has 0 radical (unpaired) electrons. The summed E-state index contributed by atoms with van der Waals surface area (Å²) < 4.78 is 6.86. The second kappa shape index (κ2) is 11.2. The Labute approximate surface area is 166 Å². The quantitative estimate of drug-likeness (QED) is 0.404. The molecule has 25 heavy (non-hydrogen) atoms. The zero-order valence-electron chi connectivity index (χ0n) is 15.3. The Morgan fingerprint density at radius 3 is 2.52 bits per heavy atom. The van der Waals surface area contributed by atoms with Gasteiger partial charge in [-0.25, -0.2) is 4.79 Å². The molecule has 142 valence electrons. The number of carbonyl (C=O) groups excluding carboxylic acids is 1. The molecule has 9 heteroatoms. The third-order valence-electron chi connectivity index (χ3n) is 3.86. The minimum Gasteiger partial charge on any atom is -0.450 e. The zero-order valence-corrected chi connectivity index (χ0v) is 17.6. The molecule has 2 rings (SSSR count). The van der Waals surface area contributed by atoms with Crippen molar-refractivity contribution in [1.82, 2.24) is 24.9 Å². The van der Waals surface area contributed by atoms with E-state index in [2.05, 4.69) is 22.2 Å². The lowest BCUT2D eigenvalue weighted by atomic mass is 10.2. The molecule has 1 saturated heterocycles. The minimum atomic E-state index is -0.226. The number of hydrogen-bond donors (Lipinski definition) is 1. The van der Waals surface area contributed by atoms with E-state index in [9.17, 15) is 4.79 Å². The number of aromatic nitrogens is 2. The van der Waals surface area contributed by atoms with E-state index in [0.29, 0.717) is 26.2 Å². The maximum Gasteiger partial charge on any atom is 0.409 e. The van der Waals surface area contributed by atoms with Gasteiger partial charge in [-0.2, -0.15) is 5.10 Å². The lowest BCUT2D eigenvalue weighted by Crippen LogP contribution is -2.54. The lowest BCUT2D eigenvalue weighted by Gasteiger charge is -2.35. The number of carbonyl (C=O) groups is 1. The lowest BCUT2D eigenvalue weighted by molar-refractivity contribution is 0.0914. The first-order valence-corrected chi connectivity index (χ1v) is 8.56. The highest BCUT2D eigenvalue weighted by Gasteiger charge is 2.23. The predicted molar refractivity (Wildman–Crippen MR) is 108 cm³/mol. The number of aryl methyl sites for hydroxylation is 1. The maximum absolute atomic E-state index is 11.8. The summed E-state index contributed by atoms with van der Waals surface area (Å²) >= 11 is 0. The Balaban J connectivity index is 0.00000312. The van der Waals surface area contributed by atoms with Gasteiger partial charge in [0, 0.05) is 52.5 Å². The molecule has 8 nitrogen and oxygen atoms in total. The highest BCUT2D eigenvalue weighted by molar-refractivity contribution is 14.0. The second-order valence-electron chi connectivity index (χ2n) is 5.68. The van der Waals surface area contributed by atoms with E-state index in [1.165, 1.54) is 5.56 Å². The number of rotatable bonds is 5. The molecule has 0 spiro atoms. The monoisotopic (exact) mass is 464 g/mol. The topological polar surface area (TPSA) is 75.0 Å². The maximum atomic E-state index is 11.8. The number of halogens is 1. The summed E-state index contributed by atoms with van der Waals surface area (Å²) in [6, 6.07) is 0. The van der Waals surface area contributed by atoms with Crippen LogP contribution in [-0.2, 0) is 18.2 Å². The average molecular weight is 464 g/mol. The molecule has 0 aromatic carbocycles. The summed E-state index contributed by atoms with van der Waals surface area (Å²) in [5.41, 5.74) is 1.18. The smallest absolute Gasteiger partial charge is 0.409 e. The molecule has 1 N–H and O–H groups in total. The standard InChI is InChI=1S/C16H28N6O2.HI/c1-4-17-15(18-7-6-14-12-19-20(3)13-14)21-8-10-22(11-9-21)16(23)24-5-2;/h12-13H,4-11H2,1-3H3,(H,17,18);1H. The first kappa shape index (κ1) is 21.5. The summed E-state index contributed by atoms with van der Waals surface area (Å²) in [5, 5.41) is 7.51. The molecule has 1 fully saturated rings. The van der Waals surface area contributed by atoms with Crippen LogP contribution >= 0.6 is 24.0 Å². The molecule has 1 aliphatic rings. The van der Waals surface area contributed by atoms with E-state index in [-0.39, 0.29) is 30.1 Å². The van der Waals surface area contributed by atoms with Crippen molar-refractivity contribution < 1.29 is 9.53 Å². The molecule has 1 aromatic rings. The van der Waals surface area contributed by atoms with Gasteiger partial charge < -0.3 is 19.9 Å². The molecule has 0 bridgehead atoms. The number of guanidine groups is 1. The Hall–Kier alpha value is -1.52. The number of nitrogens with zero attached hydrogens (tertiary/aromatic N) is 5. The molecular formula is C16H29IN6O2. The molecule has 0 unspecified atom stereocenters. The number of amides is 1. The van der Waals surface area contributed by atoms with Gasteiger partial charge in [0.1, 0.15) is 0 Å². The van der Waals surface area contributed by atoms with Crippen molar-refractivity contribution in [3.8, 4) is 0 Å². The van der Waals surface area contributed by atoms with Crippen molar-refractivity contribution in [2.45, 2.75) is 20.3 Å². The van der Waals surface area contributed by atoms with Crippen LogP contribution in [0.4, 0.5) is 4.79 Å². The summed E-state index contributed by atoms with van der Waals surface area (Å²) in [6.45, 7) is 8.68. The van der Waals surface area contributed by atoms with Crippen molar-refractivity contribution >= 4 is 36.0 Å². The van der Waals surface area contributed by atoms with Gasteiger partial charge in [-0.3, -0.25) is 9.67 Å². The number of piperazine rings is 1. The SMILES string of the molecule is CCNC(=NCCc1cnn(C)c1)N1CCN(C(=O)OCC)CC1.I. The van der Waals surface area contributed by atoms with E-state index in [0.717, 1.165) is 32.0 Å². The van der Waals surface area contributed by atoms with Gasteiger partial charge in [-0.05, 0) is 25.8 Å². The van der Waals surface area contributed by atoms with Crippen LogP contribution in [0.3, 0.4) is 0 Å². The van der Waals surface area contributed by atoms with Crippen molar-refractivity contribution in [3.63, 3.8) is 0 Å². The third-order valence-corrected chi connectivity index (χ3v) is 3.86. The Morgan fingerprint density at radius 2 is 1.96 bits per heavy atom. The highest BCUT2D eigenvalue weighted by atomic mass is 127. The van der Waals surface area contributed by atoms with Gasteiger partial charge in [0.2, 0.25) is 0 Å². The van der Waals surface area contributed by atoms with E-state index >= 15 is 0 Å². The first-order chi connectivity index (χ1) is 11.6. The van der Waals surface area contributed by atoms with Crippen molar-refractivity contribution in [3.05, 3.63) is 18.0 Å². The number of nitrogens with one attached hydrogen (secondary N) is 1. The molecule has 1 aromatic heterocycles. The van der Waals surface area contributed by atoms with Gasteiger partial charge in [0.15, 0.2) is 5.96 Å². The largest absolute Gasteiger partial charge is 0.450 e. The molecule has 0 atom stereocenters. The average Bonchev–Trinajstić information content (AvgIpc) is 3.00. The third kappa shape index (κ3) is 6.71. The van der Waals surface area contributed by atoms with Gasteiger partial charge >= 0.3 is 6.09 Å². The molecule has 1 aliphatic heterocycles. The van der Waals surface area contributed by atoms with E-state index < -0.39 is 0 Å². The summed E-state index contributed by atoms with van der Waals surface area (Å²) in [6.07, 6.45) is 4.53. The first-order valence-electron chi connectivity index (χ1n) is 8.56. The van der Waals surface area contributed by atoms with Crippen molar-refractivity contribution in [1.29, 1.82) is 0 Å². The minimum absolute atomic E-state index is 0. The fourth-order valence-corrected chi connectivity index (χ4v) is 2.63. The second-order valence-corrected chi connectivity index (χ2v) is 5.68. The van der Waals surface area contributed by atoms with E-state index in [4.69, 9.17) is 9.73 Å². The number of aliphatic imine (C=N–C) groups is 1. The number of hydrogen-bond acceptors (Lipinski definition) is 4. The van der Waals surface area contributed by atoms with E-state index in [1.807, 2.05) is 26.4 Å². The zero-order chi connectivity index (χ0) is 17.4. The van der Waals surface area contributed by atoms with Crippen LogP contribution in [-0.4, -0.2) is 77.5 Å².